The number of rotatable bonds is 21. The second-order valence-corrected chi connectivity index (χ2v) is 13.4. The zero-order valence-electron chi connectivity index (χ0n) is 34.0. The zero-order chi connectivity index (χ0) is 41.0. The van der Waals surface area contributed by atoms with Crippen molar-refractivity contribution in [1.29, 1.82) is 0 Å². The number of anilines is 1. The highest BCUT2D eigenvalue weighted by Crippen LogP contribution is 2.44. The van der Waals surface area contributed by atoms with Crippen LogP contribution >= 0.6 is 0 Å². The summed E-state index contributed by atoms with van der Waals surface area (Å²) in [5.41, 5.74) is 4.17. The van der Waals surface area contributed by atoms with Crippen LogP contribution in [0.5, 0.6) is 51.7 Å². The Bertz CT molecular complexity index is 2120. The van der Waals surface area contributed by atoms with Crippen LogP contribution < -0.4 is 53.3 Å². The van der Waals surface area contributed by atoms with Crippen LogP contribution in [-0.2, 0) is 0 Å². The van der Waals surface area contributed by atoms with Crippen molar-refractivity contribution in [2.75, 3.05) is 68.3 Å². The Labute approximate surface area is 338 Å². The Morgan fingerprint density at radius 2 is 1.16 bits per heavy atom. The van der Waals surface area contributed by atoms with Gasteiger partial charge in [0, 0.05) is 22.9 Å². The molecule has 14 nitrogen and oxygen atoms in total. The molecule has 6 rings (SSSR count). The molecule has 0 aliphatic carbocycles. The minimum Gasteiger partial charge on any atom is -0.497 e. The molecule has 0 radical (unpaired) electrons. The molecular formula is C44H51N3O11. The largest absolute Gasteiger partial charge is 0.497 e. The summed E-state index contributed by atoms with van der Waals surface area (Å²) in [5, 5.41) is 10.7. The predicted molar refractivity (Wildman–Crippen MR) is 219 cm³/mol. The number of fused-ring (bicyclic) bond motifs is 1. The van der Waals surface area contributed by atoms with E-state index in [9.17, 15) is 4.79 Å². The van der Waals surface area contributed by atoms with Crippen LogP contribution in [0.15, 0.2) is 71.3 Å². The van der Waals surface area contributed by atoms with E-state index < -0.39 is 6.17 Å². The molecule has 0 fully saturated rings. The number of hydrogen-bond donors (Lipinski definition) is 2. The highest BCUT2D eigenvalue weighted by atomic mass is 16.5. The van der Waals surface area contributed by atoms with Gasteiger partial charge in [-0.3, -0.25) is 4.79 Å². The number of carbonyl (C=O) groups is 1. The first kappa shape index (κ1) is 41.2. The second kappa shape index (κ2) is 19.6. The maximum atomic E-state index is 12.8. The van der Waals surface area contributed by atoms with E-state index in [1.165, 1.54) is 0 Å². The van der Waals surface area contributed by atoms with Gasteiger partial charge in [0.05, 0.1) is 68.5 Å². The summed E-state index contributed by atoms with van der Waals surface area (Å²) in [4.78, 5) is 12.8. The lowest BCUT2D eigenvalue weighted by Crippen LogP contribution is -2.38. The highest BCUT2D eigenvalue weighted by Gasteiger charge is 2.26. The minimum atomic E-state index is -0.408. The molecule has 0 saturated carbocycles. The number of hydrogen-bond acceptors (Lipinski definition) is 13. The van der Waals surface area contributed by atoms with Crippen LogP contribution in [0.4, 0.5) is 5.69 Å². The second-order valence-electron chi connectivity index (χ2n) is 13.4. The SMILES string of the molecule is COc1ccc2c(c1)C(=O)NC(c1ccc(OCCCCCCCCOc3c(OC)cc(-c4cc(-c5cc(OC)c(OC)c(OC)c5)on4)cc3OC)c(OC)c1)N2. The molecule has 0 saturated heterocycles. The van der Waals surface area contributed by atoms with E-state index in [0.717, 1.165) is 55.3 Å². The van der Waals surface area contributed by atoms with Crippen molar-refractivity contribution in [3.05, 3.63) is 77.9 Å². The maximum absolute atomic E-state index is 12.8. The fraction of sp³-hybridized carbons (Fsp3) is 0.364. The topological polar surface area (TPSA) is 150 Å². The van der Waals surface area contributed by atoms with Gasteiger partial charge in [0.15, 0.2) is 40.3 Å². The Balaban J connectivity index is 0.937. The summed E-state index contributed by atoms with van der Waals surface area (Å²) in [6.07, 6.45) is 5.60. The first-order valence-corrected chi connectivity index (χ1v) is 19.1. The Morgan fingerprint density at radius 3 is 1.78 bits per heavy atom. The molecule has 0 bridgehead atoms. The third-order valence-corrected chi connectivity index (χ3v) is 9.83. The Kier molecular flexibility index (Phi) is 13.9. The van der Waals surface area contributed by atoms with Gasteiger partial charge in [-0.25, -0.2) is 0 Å². The molecule has 1 aromatic heterocycles. The molecule has 2 N–H and O–H groups in total. The highest BCUT2D eigenvalue weighted by molar-refractivity contribution is 6.02. The van der Waals surface area contributed by atoms with Crippen LogP contribution in [-0.4, -0.2) is 74.0 Å². The minimum absolute atomic E-state index is 0.176. The lowest BCUT2D eigenvalue weighted by molar-refractivity contribution is 0.0935. The van der Waals surface area contributed by atoms with E-state index in [2.05, 4.69) is 15.8 Å². The van der Waals surface area contributed by atoms with Crippen molar-refractivity contribution in [3.63, 3.8) is 0 Å². The number of ether oxygens (including phenoxy) is 9. The smallest absolute Gasteiger partial charge is 0.255 e. The molecule has 58 heavy (non-hydrogen) atoms. The number of methoxy groups -OCH3 is 7. The van der Waals surface area contributed by atoms with E-state index in [1.54, 1.807) is 68.0 Å². The van der Waals surface area contributed by atoms with E-state index in [1.807, 2.05) is 48.5 Å². The number of unbranched alkanes of at least 4 members (excludes halogenated alkanes) is 5. The number of amides is 1. The normalized spacial score (nSPS) is 13.1. The van der Waals surface area contributed by atoms with Gasteiger partial charge in [0.25, 0.3) is 5.91 Å². The predicted octanol–water partition coefficient (Wildman–Crippen LogP) is 8.72. The third kappa shape index (κ3) is 9.39. The summed E-state index contributed by atoms with van der Waals surface area (Å²) >= 11 is 0. The van der Waals surface area contributed by atoms with E-state index in [-0.39, 0.29) is 5.91 Å². The van der Waals surface area contributed by atoms with Crippen molar-refractivity contribution >= 4 is 11.6 Å². The van der Waals surface area contributed by atoms with Gasteiger partial charge in [-0.1, -0.05) is 36.9 Å². The molecule has 4 aromatic carbocycles. The molecule has 1 atom stereocenters. The van der Waals surface area contributed by atoms with Crippen LogP contribution in [0.3, 0.4) is 0 Å². The summed E-state index contributed by atoms with van der Waals surface area (Å²) in [6.45, 7) is 1.09. The summed E-state index contributed by atoms with van der Waals surface area (Å²) in [5.74, 6) is 5.34. The number of carbonyl (C=O) groups excluding carboxylic acids is 1. The zero-order valence-corrected chi connectivity index (χ0v) is 34.0. The van der Waals surface area contributed by atoms with E-state index in [4.69, 9.17) is 47.2 Å². The number of benzene rings is 4. The monoisotopic (exact) mass is 797 g/mol. The number of nitrogens with one attached hydrogen (secondary N) is 2. The van der Waals surface area contributed by atoms with Gasteiger partial charge in [-0.15, -0.1) is 0 Å². The number of nitrogens with zero attached hydrogens (tertiary/aromatic N) is 1. The van der Waals surface area contributed by atoms with Crippen LogP contribution in [0, 0.1) is 0 Å². The standard InChI is InChI=1S/C44H51N3O11/c1-49-30-15-16-32-31(25-30)44(48)46-43(45-32)27-14-17-34(36(20-27)50-2)56-18-12-10-8-9-11-13-19-57-42-39(53-5)21-28(22-40(42)54-6)33-26-35(58-47-33)29-23-37(51-3)41(55-7)38(24-29)52-4/h14-17,20-26,43,45H,8-13,18-19H2,1-7H3,(H,46,48). The van der Waals surface area contributed by atoms with Gasteiger partial charge in [0.1, 0.15) is 17.6 Å². The third-order valence-electron chi connectivity index (χ3n) is 9.83. The number of aromatic nitrogens is 1. The average molecular weight is 798 g/mol. The summed E-state index contributed by atoms with van der Waals surface area (Å²) < 4.78 is 56.7. The van der Waals surface area contributed by atoms with Crippen molar-refractivity contribution in [2.45, 2.75) is 44.7 Å². The molecule has 1 amide bonds. The lowest BCUT2D eigenvalue weighted by Gasteiger charge is -2.28. The maximum Gasteiger partial charge on any atom is 0.255 e. The Hall–Kier alpha value is -6.44. The molecule has 1 unspecified atom stereocenters. The van der Waals surface area contributed by atoms with Crippen LogP contribution in [0.1, 0.15) is 60.6 Å². The molecule has 1 aliphatic heterocycles. The lowest BCUT2D eigenvalue weighted by atomic mass is 10.0. The van der Waals surface area contributed by atoms with Crippen LogP contribution in [0.25, 0.3) is 22.6 Å². The van der Waals surface area contributed by atoms with Gasteiger partial charge < -0.3 is 57.8 Å². The van der Waals surface area contributed by atoms with Crippen molar-refractivity contribution in [3.8, 4) is 74.3 Å². The van der Waals surface area contributed by atoms with Gasteiger partial charge >= 0.3 is 0 Å². The van der Waals surface area contributed by atoms with Crippen molar-refractivity contribution in [2.24, 2.45) is 0 Å². The molecule has 14 heteroatoms. The molecule has 308 valence electrons. The van der Waals surface area contributed by atoms with Crippen molar-refractivity contribution < 1.29 is 51.9 Å². The quantitative estimate of drug-likeness (QED) is 0.0682. The molecule has 0 spiro atoms. The Morgan fingerprint density at radius 1 is 0.552 bits per heavy atom. The van der Waals surface area contributed by atoms with E-state index in [0.29, 0.717) is 87.5 Å². The van der Waals surface area contributed by atoms with E-state index >= 15 is 0 Å². The first-order chi connectivity index (χ1) is 28.3. The summed E-state index contributed by atoms with van der Waals surface area (Å²) in [7, 11) is 11.1. The molecule has 1 aliphatic rings. The molecule has 2 heterocycles. The van der Waals surface area contributed by atoms with Gasteiger partial charge in [-0.2, -0.15) is 0 Å². The average Bonchev–Trinajstić information content (AvgIpc) is 3.76. The van der Waals surface area contributed by atoms with Gasteiger partial charge in [0.2, 0.25) is 11.5 Å². The van der Waals surface area contributed by atoms with Crippen molar-refractivity contribution in [1.82, 2.24) is 10.5 Å². The fourth-order valence-electron chi connectivity index (χ4n) is 6.72. The molecular weight excluding hydrogens is 746 g/mol. The molecule has 5 aromatic rings. The fourth-order valence-corrected chi connectivity index (χ4v) is 6.72. The first-order valence-electron chi connectivity index (χ1n) is 19.1. The summed E-state index contributed by atoms with van der Waals surface area (Å²) in [6, 6.07) is 20.2. The van der Waals surface area contributed by atoms with Crippen LogP contribution in [0.2, 0.25) is 0 Å². The van der Waals surface area contributed by atoms with Gasteiger partial charge in [-0.05, 0) is 73.0 Å².